The maximum absolute atomic E-state index is 5.98. The van der Waals surface area contributed by atoms with E-state index in [2.05, 4.69) is 16.9 Å². The van der Waals surface area contributed by atoms with Crippen molar-refractivity contribution in [2.45, 2.75) is 6.54 Å². The van der Waals surface area contributed by atoms with E-state index >= 15 is 0 Å². The second kappa shape index (κ2) is 9.44. The molecule has 0 atom stereocenters. The van der Waals surface area contributed by atoms with Gasteiger partial charge in [-0.05, 0) is 17.7 Å². The third-order valence-electron chi connectivity index (χ3n) is 2.38. The molecule has 1 aromatic carbocycles. The quantitative estimate of drug-likeness (QED) is 0.352. The molecule has 1 rings (SSSR count). The first-order valence-electron chi connectivity index (χ1n) is 5.55. The van der Waals surface area contributed by atoms with Crippen LogP contribution in [-0.4, -0.2) is 31.5 Å². The standard InChI is InChI=1S/C13H17Cl2N3.HI/c1-4-7-17-13(16-2)18(3)9-10-5-6-11(14)12(15)8-10;/h4-6,8H,1,7,9H2,2-3H3,(H,16,17);1H. The van der Waals surface area contributed by atoms with Crippen molar-refractivity contribution in [3.63, 3.8) is 0 Å². The molecule has 0 aliphatic carbocycles. The highest BCUT2D eigenvalue weighted by atomic mass is 127. The van der Waals surface area contributed by atoms with Crippen LogP contribution in [0.5, 0.6) is 0 Å². The lowest BCUT2D eigenvalue weighted by atomic mass is 10.2. The van der Waals surface area contributed by atoms with Crippen LogP contribution in [0.3, 0.4) is 0 Å². The van der Waals surface area contributed by atoms with Crippen LogP contribution in [0.15, 0.2) is 35.8 Å². The first-order valence-corrected chi connectivity index (χ1v) is 6.30. The summed E-state index contributed by atoms with van der Waals surface area (Å²) in [7, 11) is 3.71. The van der Waals surface area contributed by atoms with E-state index in [-0.39, 0.29) is 24.0 Å². The van der Waals surface area contributed by atoms with E-state index in [4.69, 9.17) is 23.2 Å². The van der Waals surface area contributed by atoms with Gasteiger partial charge in [0.1, 0.15) is 0 Å². The van der Waals surface area contributed by atoms with Crippen LogP contribution in [0.1, 0.15) is 5.56 Å². The summed E-state index contributed by atoms with van der Waals surface area (Å²) >= 11 is 11.9. The van der Waals surface area contributed by atoms with E-state index in [0.717, 1.165) is 11.5 Å². The minimum absolute atomic E-state index is 0. The summed E-state index contributed by atoms with van der Waals surface area (Å²) in [5.74, 6) is 0.806. The Morgan fingerprint density at radius 2 is 2.11 bits per heavy atom. The summed E-state index contributed by atoms with van der Waals surface area (Å²) in [6, 6.07) is 5.61. The lowest BCUT2D eigenvalue weighted by Crippen LogP contribution is -2.38. The van der Waals surface area contributed by atoms with Crippen molar-refractivity contribution in [2.75, 3.05) is 20.6 Å². The molecule has 0 saturated heterocycles. The number of benzene rings is 1. The monoisotopic (exact) mass is 413 g/mol. The molecule has 0 saturated carbocycles. The number of nitrogens with one attached hydrogen (secondary N) is 1. The molecule has 0 spiro atoms. The third kappa shape index (κ3) is 6.01. The Morgan fingerprint density at radius 1 is 1.42 bits per heavy atom. The molecule has 0 aromatic heterocycles. The van der Waals surface area contributed by atoms with Gasteiger partial charge in [-0.2, -0.15) is 0 Å². The third-order valence-corrected chi connectivity index (χ3v) is 3.12. The van der Waals surface area contributed by atoms with Crippen LogP contribution in [0.2, 0.25) is 10.0 Å². The van der Waals surface area contributed by atoms with E-state index in [9.17, 15) is 0 Å². The summed E-state index contributed by atoms with van der Waals surface area (Å²) in [4.78, 5) is 6.19. The molecule has 0 fully saturated rings. The highest BCUT2D eigenvalue weighted by molar-refractivity contribution is 14.0. The van der Waals surface area contributed by atoms with E-state index in [1.807, 2.05) is 24.1 Å². The van der Waals surface area contributed by atoms with Gasteiger partial charge >= 0.3 is 0 Å². The minimum Gasteiger partial charge on any atom is -0.353 e. The fraction of sp³-hybridized carbons (Fsp3) is 0.308. The second-order valence-electron chi connectivity index (χ2n) is 3.82. The Kier molecular flexibility index (Phi) is 9.22. The minimum atomic E-state index is 0. The summed E-state index contributed by atoms with van der Waals surface area (Å²) in [6.45, 7) is 5.04. The molecular formula is C13H18Cl2IN3. The summed E-state index contributed by atoms with van der Waals surface area (Å²) < 4.78 is 0. The number of hydrogen-bond acceptors (Lipinski definition) is 1. The average molecular weight is 414 g/mol. The molecule has 0 radical (unpaired) electrons. The molecule has 1 N–H and O–H groups in total. The van der Waals surface area contributed by atoms with Crippen LogP contribution in [0.4, 0.5) is 0 Å². The van der Waals surface area contributed by atoms with Gasteiger partial charge in [-0.1, -0.05) is 35.3 Å². The largest absolute Gasteiger partial charge is 0.353 e. The maximum atomic E-state index is 5.98. The molecule has 19 heavy (non-hydrogen) atoms. The highest BCUT2D eigenvalue weighted by Crippen LogP contribution is 2.23. The number of hydrogen-bond donors (Lipinski definition) is 1. The molecule has 0 amide bonds. The topological polar surface area (TPSA) is 27.6 Å². The number of nitrogens with zero attached hydrogens (tertiary/aromatic N) is 2. The molecule has 1 aromatic rings. The normalized spacial score (nSPS) is 10.6. The lowest BCUT2D eigenvalue weighted by molar-refractivity contribution is 0.480. The predicted octanol–water partition coefficient (Wildman–Crippen LogP) is 3.80. The van der Waals surface area contributed by atoms with Crippen molar-refractivity contribution in [1.29, 1.82) is 0 Å². The Hall–Kier alpha value is -0.460. The molecule has 6 heteroatoms. The van der Waals surface area contributed by atoms with Crippen molar-refractivity contribution in [2.24, 2.45) is 4.99 Å². The van der Waals surface area contributed by atoms with Gasteiger partial charge < -0.3 is 10.2 Å². The van der Waals surface area contributed by atoms with Crippen LogP contribution >= 0.6 is 47.2 Å². The van der Waals surface area contributed by atoms with E-state index in [1.54, 1.807) is 19.2 Å². The zero-order valence-electron chi connectivity index (χ0n) is 11.0. The van der Waals surface area contributed by atoms with Crippen molar-refractivity contribution >= 4 is 53.1 Å². The number of halogens is 3. The van der Waals surface area contributed by atoms with Crippen molar-refractivity contribution in [3.8, 4) is 0 Å². The second-order valence-corrected chi connectivity index (χ2v) is 4.64. The van der Waals surface area contributed by atoms with E-state index < -0.39 is 0 Å². The first-order chi connectivity index (χ1) is 8.58. The first kappa shape index (κ1) is 18.5. The van der Waals surface area contributed by atoms with Gasteiger partial charge in [0.15, 0.2) is 5.96 Å². The van der Waals surface area contributed by atoms with Crippen molar-refractivity contribution < 1.29 is 0 Å². The van der Waals surface area contributed by atoms with Gasteiger partial charge in [0.25, 0.3) is 0 Å². The molecule has 0 bridgehead atoms. The Bertz CT molecular complexity index is 450. The molecule has 0 unspecified atom stereocenters. The summed E-state index contributed by atoms with van der Waals surface area (Å²) in [5, 5.41) is 4.30. The van der Waals surface area contributed by atoms with Crippen LogP contribution in [-0.2, 0) is 6.54 Å². The Labute approximate surface area is 141 Å². The fourth-order valence-electron chi connectivity index (χ4n) is 1.53. The number of aliphatic imine (C=N–C) groups is 1. The lowest BCUT2D eigenvalue weighted by Gasteiger charge is -2.21. The Balaban J connectivity index is 0.00000324. The zero-order valence-corrected chi connectivity index (χ0v) is 14.8. The van der Waals surface area contributed by atoms with Gasteiger partial charge in [-0.3, -0.25) is 4.99 Å². The number of rotatable bonds is 4. The molecule has 0 heterocycles. The summed E-state index contributed by atoms with van der Waals surface area (Å²) in [6.07, 6.45) is 1.79. The molecular weight excluding hydrogens is 396 g/mol. The Morgan fingerprint density at radius 3 is 2.63 bits per heavy atom. The SMILES string of the molecule is C=CCNC(=NC)N(C)Cc1ccc(Cl)c(Cl)c1.I. The van der Waals surface area contributed by atoms with E-state index in [1.165, 1.54) is 0 Å². The van der Waals surface area contributed by atoms with Gasteiger partial charge in [-0.25, -0.2) is 0 Å². The van der Waals surface area contributed by atoms with Crippen LogP contribution in [0, 0.1) is 0 Å². The molecule has 3 nitrogen and oxygen atoms in total. The van der Waals surface area contributed by atoms with Crippen LogP contribution in [0.25, 0.3) is 0 Å². The van der Waals surface area contributed by atoms with Gasteiger partial charge in [0.05, 0.1) is 10.0 Å². The molecule has 0 aliphatic heterocycles. The van der Waals surface area contributed by atoms with Gasteiger partial charge in [0, 0.05) is 27.2 Å². The smallest absolute Gasteiger partial charge is 0.193 e. The highest BCUT2D eigenvalue weighted by Gasteiger charge is 2.06. The molecule has 106 valence electrons. The number of guanidine groups is 1. The van der Waals surface area contributed by atoms with E-state index in [0.29, 0.717) is 23.1 Å². The zero-order chi connectivity index (χ0) is 13.5. The maximum Gasteiger partial charge on any atom is 0.193 e. The van der Waals surface area contributed by atoms with Gasteiger partial charge in [-0.15, -0.1) is 30.6 Å². The predicted molar refractivity (Wildman–Crippen MR) is 94.9 cm³/mol. The molecule has 0 aliphatic rings. The average Bonchev–Trinajstić information content (AvgIpc) is 2.35. The summed E-state index contributed by atoms with van der Waals surface area (Å²) in [5.41, 5.74) is 1.08. The van der Waals surface area contributed by atoms with Gasteiger partial charge in [0.2, 0.25) is 0 Å². The van der Waals surface area contributed by atoms with Crippen molar-refractivity contribution in [1.82, 2.24) is 10.2 Å². The van der Waals surface area contributed by atoms with Crippen molar-refractivity contribution in [3.05, 3.63) is 46.5 Å². The van der Waals surface area contributed by atoms with Crippen LogP contribution < -0.4 is 5.32 Å². The fourth-order valence-corrected chi connectivity index (χ4v) is 1.86.